The van der Waals surface area contributed by atoms with Crippen LogP contribution in [0, 0.1) is 0 Å². The van der Waals surface area contributed by atoms with Gasteiger partial charge in [-0.05, 0) is 36.4 Å². The molecule has 5 heteroatoms. The molecule has 4 rings (SSSR count). The molecule has 1 aromatic carbocycles. The monoisotopic (exact) mass is 262 g/mol. The van der Waals surface area contributed by atoms with Crippen LogP contribution in [0.5, 0.6) is 0 Å². The molecular weight excluding hydrogens is 252 g/mol. The lowest BCUT2D eigenvalue weighted by molar-refractivity contribution is 1.02. The molecule has 0 bridgehead atoms. The number of hydrogen-bond acceptors (Lipinski definition) is 3. The first-order valence-electron chi connectivity index (χ1n) is 6.24. The van der Waals surface area contributed by atoms with Crippen LogP contribution in [0.4, 0.5) is 0 Å². The van der Waals surface area contributed by atoms with Crippen LogP contribution in [-0.4, -0.2) is 19.5 Å². The summed E-state index contributed by atoms with van der Waals surface area (Å²) in [5.41, 5.74) is 2.80. The second-order valence-electron chi connectivity index (χ2n) is 4.48. The number of pyridine rings is 2. The van der Waals surface area contributed by atoms with Gasteiger partial charge in [0, 0.05) is 17.8 Å². The minimum atomic E-state index is -0.199. The van der Waals surface area contributed by atoms with Crippen molar-refractivity contribution in [3.05, 3.63) is 65.3 Å². The Kier molecular flexibility index (Phi) is 2.20. The Morgan fingerprint density at radius 1 is 0.950 bits per heavy atom. The van der Waals surface area contributed by atoms with E-state index in [9.17, 15) is 4.79 Å². The Labute approximate surface area is 113 Å². The molecule has 0 spiro atoms. The maximum Gasteiger partial charge on any atom is 0.332 e. The standard InChI is InChI=1S/C15H10N4O/c20-15-18-14-13(7-3-9-17-14)19(15)12-6-1-5-11-10(12)4-2-8-16-11/h1-9H,(H,17,18,20). The molecule has 5 nitrogen and oxygen atoms in total. The van der Waals surface area contributed by atoms with E-state index in [1.165, 1.54) is 0 Å². The summed E-state index contributed by atoms with van der Waals surface area (Å²) in [7, 11) is 0. The molecule has 0 aliphatic rings. The van der Waals surface area contributed by atoms with Crippen molar-refractivity contribution >= 4 is 22.1 Å². The lowest BCUT2D eigenvalue weighted by Gasteiger charge is -2.06. The molecule has 96 valence electrons. The summed E-state index contributed by atoms with van der Waals surface area (Å²) in [5, 5.41) is 0.932. The van der Waals surface area contributed by atoms with E-state index in [1.807, 2.05) is 42.5 Å². The molecule has 0 saturated heterocycles. The summed E-state index contributed by atoms with van der Waals surface area (Å²) >= 11 is 0. The number of nitrogens with one attached hydrogen (secondary N) is 1. The molecule has 0 fully saturated rings. The number of aromatic nitrogens is 4. The van der Waals surface area contributed by atoms with E-state index < -0.39 is 0 Å². The van der Waals surface area contributed by atoms with Gasteiger partial charge in [-0.2, -0.15) is 0 Å². The quantitative estimate of drug-likeness (QED) is 0.572. The first kappa shape index (κ1) is 10.9. The van der Waals surface area contributed by atoms with Crippen LogP contribution >= 0.6 is 0 Å². The predicted molar refractivity (Wildman–Crippen MR) is 77.0 cm³/mol. The van der Waals surface area contributed by atoms with Gasteiger partial charge in [0.25, 0.3) is 0 Å². The van der Waals surface area contributed by atoms with E-state index in [0.29, 0.717) is 5.65 Å². The van der Waals surface area contributed by atoms with Gasteiger partial charge in [-0.3, -0.25) is 14.5 Å². The minimum Gasteiger partial charge on any atom is -0.290 e. The zero-order valence-corrected chi connectivity index (χ0v) is 10.4. The molecule has 4 aromatic rings. The summed E-state index contributed by atoms with van der Waals surface area (Å²) in [5.74, 6) is 0. The highest BCUT2D eigenvalue weighted by atomic mass is 16.1. The number of imidazole rings is 1. The van der Waals surface area contributed by atoms with Crippen LogP contribution in [-0.2, 0) is 0 Å². The second kappa shape index (κ2) is 4.03. The Bertz CT molecular complexity index is 978. The molecule has 1 N–H and O–H groups in total. The summed E-state index contributed by atoms with van der Waals surface area (Å²) in [6.07, 6.45) is 3.40. The number of benzene rings is 1. The summed E-state index contributed by atoms with van der Waals surface area (Å²) in [6.45, 7) is 0. The van der Waals surface area contributed by atoms with E-state index in [0.717, 1.165) is 22.1 Å². The van der Waals surface area contributed by atoms with Crippen LogP contribution in [0.15, 0.2) is 59.7 Å². The van der Waals surface area contributed by atoms with Crippen molar-refractivity contribution in [1.29, 1.82) is 0 Å². The fourth-order valence-electron chi connectivity index (χ4n) is 2.46. The lowest BCUT2D eigenvalue weighted by atomic mass is 10.2. The Balaban J connectivity index is 2.17. The number of H-pyrrole nitrogens is 1. The Morgan fingerprint density at radius 3 is 2.75 bits per heavy atom. The molecule has 0 atom stereocenters. The Morgan fingerprint density at radius 2 is 1.80 bits per heavy atom. The van der Waals surface area contributed by atoms with E-state index in [2.05, 4.69) is 15.0 Å². The van der Waals surface area contributed by atoms with E-state index >= 15 is 0 Å². The van der Waals surface area contributed by atoms with Gasteiger partial charge in [0.05, 0.1) is 16.7 Å². The van der Waals surface area contributed by atoms with Crippen LogP contribution in [0.1, 0.15) is 0 Å². The molecule has 0 radical (unpaired) electrons. The molecule has 0 aliphatic carbocycles. The molecule has 20 heavy (non-hydrogen) atoms. The number of nitrogens with zero attached hydrogens (tertiary/aromatic N) is 3. The molecule has 3 aromatic heterocycles. The molecular formula is C15H10N4O. The highest BCUT2D eigenvalue weighted by Gasteiger charge is 2.11. The smallest absolute Gasteiger partial charge is 0.290 e. The fourth-order valence-corrected chi connectivity index (χ4v) is 2.46. The second-order valence-corrected chi connectivity index (χ2v) is 4.48. The molecule has 3 heterocycles. The molecule has 0 unspecified atom stereocenters. The van der Waals surface area contributed by atoms with Crippen LogP contribution in [0.3, 0.4) is 0 Å². The normalized spacial score (nSPS) is 11.2. The fraction of sp³-hybridized carbons (Fsp3) is 0. The third-order valence-corrected chi connectivity index (χ3v) is 3.32. The number of rotatable bonds is 1. The van der Waals surface area contributed by atoms with Crippen LogP contribution < -0.4 is 5.69 Å². The van der Waals surface area contributed by atoms with Crippen molar-refractivity contribution in [3.8, 4) is 5.69 Å². The van der Waals surface area contributed by atoms with Crippen LogP contribution in [0.2, 0.25) is 0 Å². The first-order valence-corrected chi connectivity index (χ1v) is 6.24. The van der Waals surface area contributed by atoms with Crippen molar-refractivity contribution in [1.82, 2.24) is 19.5 Å². The molecule has 0 amide bonds. The molecule has 0 saturated carbocycles. The lowest BCUT2D eigenvalue weighted by Crippen LogP contribution is -2.14. The SMILES string of the molecule is O=c1[nH]c2ncccc2n1-c1cccc2ncccc12. The van der Waals surface area contributed by atoms with Crippen molar-refractivity contribution < 1.29 is 0 Å². The van der Waals surface area contributed by atoms with E-state index in [1.54, 1.807) is 17.0 Å². The van der Waals surface area contributed by atoms with Crippen molar-refractivity contribution in [2.45, 2.75) is 0 Å². The third kappa shape index (κ3) is 1.46. The zero-order chi connectivity index (χ0) is 13.5. The van der Waals surface area contributed by atoms with Gasteiger partial charge < -0.3 is 0 Å². The van der Waals surface area contributed by atoms with Gasteiger partial charge in [0.15, 0.2) is 5.65 Å². The third-order valence-electron chi connectivity index (χ3n) is 3.32. The Hall–Kier alpha value is -2.95. The van der Waals surface area contributed by atoms with Gasteiger partial charge in [-0.1, -0.05) is 6.07 Å². The average molecular weight is 262 g/mol. The highest BCUT2D eigenvalue weighted by Crippen LogP contribution is 2.22. The highest BCUT2D eigenvalue weighted by molar-refractivity contribution is 5.89. The van der Waals surface area contributed by atoms with Gasteiger partial charge in [-0.25, -0.2) is 9.78 Å². The van der Waals surface area contributed by atoms with Crippen molar-refractivity contribution in [2.75, 3.05) is 0 Å². The zero-order valence-electron chi connectivity index (χ0n) is 10.4. The number of fused-ring (bicyclic) bond motifs is 2. The maximum atomic E-state index is 12.2. The van der Waals surface area contributed by atoms with Gasteiger partial charge in [0.2, 0.25) is 0 Å². The van der Waals surface area contributed by atoms with Gasteiger partial charge in [0.1, 0.15) is 0 Å². The molecule has 0 aliphatic heterocycles. The van der Waals surface area contributed by atoms with Crippen molar-refractivity contribution in [2.24, 2.45) is 0 Å². The van der Waals surface area contributed by atoms with Gasteiger partial charge >= 0.3 is 5.69 Å². The van der Waals surface area contributed by atoms with Crippen molar-refractivity contribution in [3.63, 3.8) is 0 Å². The largest absolute Gasteiger partial charge is 0.332 e. The van der Waals surface area contributed by atoms with Crippen LogP contribution in [0.25, 0.3) is 27.8 Å². The topological polar surface area (TPSA) is 63.6 Å². The first-order chi connectivity index (χ1) is 9.84. The van der Waals surface area contributed by atoms with E-state index in [4.69, 9.17) is 0 Å². The number of aromatic amines is 1. The average Bonchev–Trinajstić information content (AvgIpc) is 2.82. The summed E-state index contributed by atoms with van der Waals surface area (Å²) in [4.78, 5) is 23.5. The summed E-state index contributed by atoms with van der Waals surface area (Å²) < 4.78 is 1.63. The number of hydrogen-bond donors (Lipinski definition) is 1. The van der Waals surface area contributed by atoms with Gasteiger partial charge in [-0.15, -0.1) is 0 Å². The van der Waals surface area contributed by atoms with E-state index in [-0.39, 0.29) is 5.69 Å². The maximum absolute atomic E-state index is 12.2. The summed E-state index contributed by atoms with van der Waals surface area (Å²) in [6, 6.07) is 13.2. The minimum absolute atomic E-state index is 0.199. The predicted octanol–water partition coefficient (Wildman–Crippen LogP) is 2.26.